The zero-order chi connectivity index (χ0) is 18.1. The van der Waals surface area contributed by atoms with Crippen molar-refractivity contribution in [3.63, 3.8) is 0 Å². The van der Waals surface area contributed by atoms with E-state index in [0.29, 0.717) is 16.0 Å². The highest BCUT2D eigenvalue weighted by Gasteiger charge is 2.33. The molecule has 0 aliphatic heterocycles. The van der Waals surface area contributed by atoms with Crippen LogP contribution >= 0.6 is 7.14 Å². The molecule has 4 aromatic rings. The molecule has 0 fully saturated rings. The van der Waals surface area contributed by atoms with Crippen molar-refractivity contribution in [2.24, 2.45) is 0 Å². The molecular weight excluding hydrogens is 350 g/mol. The van der Waals surface area contributed by atoms with Crippen LogP contribution in [0.4, 0.5) is 4.39 Å². The van der Waals surface area contributed by atoms with Gasteiger partial charge in [-0.3, -0.25) is 0 Å². The highest BCUT2D eigenvalue weighted by molar-refractivity contribution is 7.85. The highest BCUT2D eigenvalue weighted by Crippen LogP contribution is 2.41. The summed E-state index contributed by atoms with van der Waals surface area (Å²) in [6.07, 6.45) is 0. The van der Waals surface area contributed by atoms with Crippen LogP contribution in [0.3, 0.4) is 0 Å². The van der Waals surface area contributed by atoms with Crippen LogP contribution in [-0.4, -0.2) is 0 Å². The molecule has 0 bridgehead atoms. The van der Waals surface area contributed by atoms with Gasteiger partial charge in [0.15, 0.2) is 7.14 Å². The smallest absolute Gasteiger partial charge is 0.347 e. The Morgan fingerprint density at radius 2 is 1.35 bits per heavy atom. The summed E-state index contributed by atoms with van der Waals surface area (Å²) in [5, 5.41) is 1.48. The summed E-state index contributed by atoms with van der Waals surface area (Å²) in [5.41, 5.74) is -0.423. The van der Waals surface area contributed by atoms with E-state index >= 15 is 0 Å². The van der Waals surface area contributed by atoms with Gasteiger partial charge >= 0.3 is 5.63 Å². The molecule has 0 radical (unpaired) electrons. The van der Waals surface area contributed by atoms with E-state index in [1.807, 2.05) is 12.1 Å². The van der Waals surface area contributed by atoms with Crippen molar-refractivity contribution in [3.05, 3.63) is 101 Å². The second-order valence-corrected chi connectivity index (χ2v) is 8.61. The van der Waals surface area contributed by atoms with E-state index < -0.39 is 18.6 Å². The molecule has 0 amide bonds. The summed E-state index contributed by atoms with van der Waals surface area (Å²) in [6.45, 7) is 0. The Bertz CT molecular complexity index is 1140. The molecule has 0 aliphatic rings. The van der Waals surface area contributed by atoms with Gasteiger partial charge in [0.25, 0.3) is 0 Å². The average Bonchev–Trinajstić information content (AvgIpc) is 2.68. The SMILES string of the molecule is O=c1oc2ccc(F)cc2cc1P(=O)(c1ccccc1)c1ccccc1. The molecule has 4 rings (SSSR count). The van der Waals surface area contributed by atoms with E-state index in [1.165, 1.54) is 24.3 Å². The third-order valence-electron chi connectivity index (χ3n) is 4.25. The Morgan fingerprint density at radius 1 is 0.769 bits per heavy atom. The number of fused-ring (bicyclic) bond motifs is 1. The molecule has 0 unspecified atom stereocenters. The zero-order valence-corrected chi connectivity index (χ0v) is 14.5. The summed E-state index contributed by atoms with van der Waals surface area (Å²) in [4.78, 5) is 12.7. The lowest BCUT2D eigenvalue weighted by molar-refractivity contribution is 0.560. The average molecular weight is 364 g/mol. The summed E-state index contributed by atoms with van der Waals surface area (Å²) >= 11 is 0. The van der Waals surface area contributed by atoms with Crippen LogP contribution in [0.15, 0.2) is 94.1 Å². The lowest BCUT2D eigenvalue weighted by atomic mass is 10.2. The molecule has 26 heavy (non-hydrogen) atoms. The van der Waals surface area contributed by atoms with Crippen molar-refractivity contribution in [3.8, 4) is 0 Å². The third-order valence-corrected chi connectivity index (χ3v) is 7.30. The van der Waals surface area contributed by atoms with Crippen molar-refractivity contribution in [1.29, 1.82) is 0 Å². The van der Waals surface area contributed by atoms with Gasteiger partial charge < -0.3 is 8.98 Å². The van der Waals surface area contributed by atoms with Gasteiger partial charge in [0, 0.05) is 16.0 Å². The van der Waals surface area contributed by atoms with Crippen molar-refractivity contribution in [2.75, 3.05) is 0 Å². The van der Waals surface area contributed by atoms with E-state index in [2.05, 4.69) is 0 Å². The van der Waals surface area contributed by atoms with Crippen molar-refractivity contribution < 1.29 is 13.4 Å². The highest BCUT2D eigenvalue weighted by atomic mass is 31.2. The van der Waals surface area contributed by atoms with E-state index in [-0.39, 0.29) is 10.9 Å². The molecule has 128 valence electrons. The monoisotopic (exact) mass is 364 g/mol. The fourth-order valence-electron chi connectivity index (χ4n) is 3.01. The van der Waals surface area contributed by atoms with Gasteiger partial charge in [-0.15, -0.1) is 0 Å². The van der Waals surface area contributed by atoms with E-state index in [4.69, 9.17) is 4.42 Å². The topological polar surface area (TPSA) is 47.3 Å². The Balaban J connectivity index is 2.08. The first-order chi connectivity index (χ1) is 12.6. The lowest BCUT2D eigenvalue weighted by Crippen LogP contribution is -2.33. The van der Waals surface area contributed by atoms with Crippen LogP contribution in [0, 0.1) is 5.82 Å². The summed E-state index contributed by atoms with van der Waals surface area (Å²) in [7, 11) is -3.46. The quantitative estimate of drug-likeness (QED) is 0.412. The van der Waals surface area contributed by atoms with Crippen molar-refractivity contribution in [1.82, 2.24) is 0 Å². The predicted octanol–water partition coefficient (Wildman–Crippen LogP) is 3.57. The number of rotatable bonds is 3. The fraction of sp³-hybridized carbons (Fsp3) is 0. The minimum atomic E-state index is -3.46. The molecule has 0 saturated carbocycles. The van der Waals surface area contributed by atoms with Crippen molar-refractivity contribution >= 4 is 34.0 Å². The number of hydrogen-bond donors (Lipinski definition) is 0. The second kappa shape index (κ2) is 6.40. The maximum Gasteiger partial charge on any atom is 0.347 e. The molecule has 0 saturated heterocycles. The van der Waals surface area contributed by atoms with Gasteiger partial charge in [0.05, 0.1) is 0 Å². The summed E-state index contributed by atoms with van der Waals surface area (Å²) < 4.78 is 33.2. The maximum absolute atomic E-state index is 14.2. The lowest BCUT2D eigenvalue weighted by Gasteiger charge is -2.18. The predicted molar refractivity (Wildman–Crippen MR) is 102 cm³/mol. The molecule has 0 aliphatic carbocycles. The van der Waals surface area contributed by atoms with Crippen LogP contribution in [0.1, 0.15) is 0 Å². The van der Waals surface area contributed by atoms with E-state index in [0.717, 1.165) is 0 Å². The Hall–Kier alpha value is -2.97. The molecule has 0 atom stereocenters. The first-order valence-corrected chi connectivity index (χ1v) is 9.75. The Labute approximate surface area is 149 Å². The molecule has 5 heteroatoms. The summed E-state index contributed by atoms with van der Waals surface area (Å²) in [5.74, 6) is -0.452. The second-order valence-electron chi connectivity index (χ2n) is 5.88. The van der Waals surface area contributed by atoms with Crippen LogP contribution in [-0.2, 0) is 4.57 Å². The van der Waals surface area contributed by atoms with Gasteiger partial charge in [-0.25, -0.2) is 9.18 Å². The first-order valence-electron chi connectivity index (χ1n) is 8.04. The van der Waals surface area contributed by atoms with E-state index in [9.17, 15) is 13.8 Å². The minimum absolute atomic E-state index is 0.0352. The van der Waals surface area contributed by atoms with E-state index in [1.54, 1.807) is 48.5 Å². The number of benzene rings is 3. The molecule has 1 heterocycles. The normalized spacial score (nSPS) is 11.6. The fourth-order valence-corrected chi connectivity index (χ4v) is 5.67. The number of hydrogen-bond acceptors (Lipinski definition) is 3. The molecule has 0 N–H and O–H groups in total. The van der Waals surface area contributed by atoms with Crippen LogP contribution in [0.2, 0.25) is 0 Å². The van der Waals surface area contributed by atoms with Gasteiger partial charge in [-0.1, -0.05) is 60.7 Å². The van der Waals surface area contributed by atoms with Crippen LogP contribution < -0.4 is 21.5 Å². The Kier molecular flexibility index (Phi) is 4.06. The minimum Gasteiger partial charge on any atom is -0.422 e. The molecule has 3 aromatic carbocycles. The Morgan fingerprint density at radius 3 is 1.92 bits per heavy atom. The maximum atomic E-state index is 14.2. The third kappa shape index (κ3) is 2.69. The molecule has 1 aromatic heterocycles. The first kappa shape index (κ1) is 16.5. The largest absolute Gasteiger partial charge is 0.422 e. The number of halogens is 1. The van der Waals surface area contributed by atoms with Gasteiger partial charge in [-0.2, -0.15) is 0 Å². The van der Waals surface area contributed by atoms with Crippen LogP contribution in [0.25, 0.3) is 11.0 Å². The molecule has 0 spiro atoms. The van der Waals surface area contributed by atoms with Gasteiger partial charge in [0.1, 0.15) is 16.7 Å². The standard InChI is InChI=1S/C21H14FO3P/c22-16-11-12-19-15(13-16)14-20(21(23)25-19)26(24,17-7-3-1-4-8-17)18-9-5-2-6-10-18/h1-14H. The van der Waals surface area contributed by atoms with Crippen LogP contribution in [0.5, 0.6) is 0 Å². The van der Waals surface area contributed by atoms with Crippen molar-refractivity contribution in [2.45, 2.75) is 0 Å². The molecular formula is C21H14FO3P. The zero-order valence-electron chi connectivity index (χ0n) is 13.6. The molecule has 3 nitrogen and oxygen atoms in total. The van der Waals surface area contributed by atoms with Gasteiger partial charge in [-0.05, 0) is 24.3 Å². The summed E-state index contributed by atoms with van der Waals surface area (Å²) in [6, 6.07) is 23.0. The van der Waals surface area contributed by atoms with Gasteiger partial charge in [0.2, 0.25) is 0 Å².